The van der Waals surface area contributed by atoms with Crippen molar-refractivity contribution in [3.05, 3.63) is 0 Å². The molecule has 2 rings (SSSR count). The summed E-state index contributed by atoms with van der Waals surface area (Å²) in [7, 11) is -3.11. The van der Waals surface area contributed by atoms with Gasteiger partial charge in [-0.2, -0.15) is 0 Å². The summed E-state index contributed by atoms with van der Waals surface area (Å²) in [6, 6.07) is -0.0170. The molecule has 0 bridgehead atoms. The summed E-state index contributed by atoms with van der Waals surface area (Å²) in [6.07, 6.45) is 2.62. The number of ether oxygens (including phenoxy) is 1. The monoisotopic (exact) mass is 305 g/mol. The Balaban J connectivity index is 1.79. The molecule has 2 saturated heterocycles. The van der Waals surface area contributed by atoms with Crippen LogP contribution in [0, 0.1) is 0 Å². The van der Waals surface area contributed by atoms with E-state index in [0.717, 1.165) is 0 Å². The first-order chi connectivity index (χ1) is 9.36. The van der Waals surface area contributed by atoms with Crippen LogP contribution in [0.25, 0.3) is 0 Å². The first kappa shape index (κ1) is 15.5. The van der Waals surface area contributed by atoms with Crippen molar-refractivity contribution < 1.29 is 17.9 Å². The van der Waals surface area contributed by atoms with E-state index in [2.05, 4.69) is 5.32 Å². The Morgan fingerprint density at radius 2 is 1.90 bits per heavy atom. The summed E-state index contributed by atoms with van der Waals surface area (Å²) in [4.78, 5) is 13.9. The first-order valence-electron chi connectivity index (χ1n) is 6.98. The van der Waals surface area contributed by atoms with Crippen molar-refractivity contribution >= 4 is 16.1 Å². The van der Waals surface area contributed by atoms with Crippen LogP contribution in [0.5, 0.6) is 0 Å². The number of sulfonamides is 1. The van der Waals surface area contributed by atoms with Crippen molar-refractivity contribution in [3.8, 4) is 0 Å². The molecule has 2 amide bonds. The number of carbonyl (C=O) groups excluding carboxylic acids is 1. The molecule has 0 saturated carbocycles. The van der Waals surface area contributed by atoms with Gasteiger partial charge in [0.25, 0.3) is 0 Å². The van der Waals surface area contributed by atoms with E-state index in [9.17, 15) is 13.2 Å². The number of rotatable bonds is 2. The second-order valence-electron chi connectivity index (χ2n) is 5.51. The Morgan fingerprint density at radius 1 is 1.25 bits per heavy atom. The van der Waals surface area contributed by atoms with Crippen LogP contribution in [0.1, 0.15) is 19.8 Å². The Hall–Kier alpha value is -0.860. The van der Waals surface area contributed by atoms with Gasteiger partial charge in [0.15, 0.2) is 0 Å². The molecule has 0 spiro atoms. The minimum atomic E-state index is -3.11. The van der Waals surface area contributed by atoms with Gasteiger partial charge in [0.05, 0.1) is 19.0 Å². The second kappa shape index (κ2) is 6.28. The lowest BCUT2D eigenvalue weighted by Crippen LogP contribution is -2.53. The Morgan fingerprint density at radius 3 is 2.45 bits per heavy atom. The van der Waals surface area contributed by atoms with E-state index in [1.807, 2.05) is 6.92 Å². The van der Waals surface area contributed by atoms with Crippen LogP contribution >= 0.6 is 0 Å². The molecule has 0 unspecified atom stereocenters. The lowest BCUT2D eigenvalue weighted by Gasteiger charge is -2.35. The summed E-state index contributed by atoms with van der Waals surface area (Å²) in [5, 5.41) is 2.99. The van der Waals surface area contributed by atoms with Crippen molar-refractivity contribution in [3.63, 3.8) is 0 Å². The van der Waals surface area contributed by atoms with Crippen LogP contribution < -0.4 is 5.32 Å². The molecule has 2 aliphatic rings. The molecule has 0 aliphatic carbocycles. The van der Waals surface area contributed by atoms with Gasteiger partial charge in [0, 0.05) is 32.2 Å². The number of hydrogen-bond donors (Lipinski definition) is 1. The minimum Gasteiger partial charge on any atom is -0.375 e. The van der Waals surface area contributed by atoms with E-state index < -0.39 is 10.0 Å². The molecule has 116 valence electrons. The maximum absolute atomic E-state index is 12.1. The molecule has 1 atom stereocenters. The molecule has 8 heteroatoms. The fourth-order valence-corrected chi connectivity index (χ4v) is 3.47. The fraction of sp³-hybridized carbons (Fsp3) is 0.917. The Kier molecular flexibility index (Phi) is 4.87. The smallest absolute Gasteiger partial charge is 0.317 e. The number of morpholine rings is 1. The van der Waals surface area contributed by atoms with Gasteiger partial charge in [-0.3, -0.25) is 0 Å². The number of hydrogen-bond acceptors (Lipinski definition) is 4. The highest BCUT2D eigenvalue weighted by Crippen LogP contribution is 2.14. The third-order valence-electron chi connectivity index (χ3n) is 3.78. The second-order valence-corrected chi connectivity index (χ2v) is 7.50. The van der Waals surface area contributed by atoms with Crippen molar-refractivity contribution in [2.45, 2.75) is 31.9 Å². The van der Waals surface area contributed by atoms with Gasteiger partial charge in [-0.15, -0.1) is 0 Å². The third kappa shape index (κ3) is 4.07. The molecule has 1 N–H and O–H groups in total. The molecular weight excluding hydrogens is 282 g/mol. The van der Waals surface area contributed by atoms with Crippen LogP contribution in [0.3, 0.4) is 0 Å². The van der Waals surface area contributed by atoms with Gasteiger partial charge in [0.2, 0.25) is 10.0 Å². The van der Waals surface area contributed by atoms with Gasteiger partial charge in [0.1, 0.15) is 0 Å². The summed E-state index contributed by atoms with van der Waals surface area (Å²) in [5.74, 6) is 0. The maximum Gasteiger partial charge on any atom is 0.317 e. The van der Waals surface area contributed by atoms with Gasteiger partial charge >= 0.3 is 6.03 Å². The average Bonchev–Trinajstić information content (AvgIpc) is 2.38. The number of piperidine rings is 1. The zero-order valence-electron chi connectivity index (χ0n) is 12.0. The standard InChI is InChI=1S/C12H23N3O4S/c1-10-9-14(7-8-19-10)12(16)13-11-3-5-15(6-4-11)20(2,17)18/h10-11H,3-9H2,1-2H3,(H,13,16)/t10-/m1/s1. The van der Waals surface area contributed by atoms with Crippen LogP contribution in [-0.2, 0) is 14.8 Å². The van der Waals surface area contributed by atoms with E-state index in [1.165, 1.54) is 10.6 Å². The van der Waals surface area contributed by atoms with E-state index >= 15 is 0 Å². The van der Waals surface area contributed by atoms with Crippen LogP contribution in [0.4, 0.5) is 4.79 Å². The number of urea groups is 1. The quantitative estimate of drug-likeness (QED) is 0.769. The molecule has 2 aliphatic heterocycles. The topological polar surface area (TPSA) is 79.0 Å². The van der Waals surface area contributed by atoms with Gasteiger partial charge in [-0.25, -0.2) is 17.5 Å². The number of nitrogens with zero attached hydrogens (tertiary/aromatic N) is 2. The molecule has 0 aromatic carbocycles. The molecular formula is C12H23N3O4S. The molecule has 20 heavy (non-hydrogen) atoms. The zero-order chi connectivity index (χ0) is 14.8. The largest absolute Gasteiger partial charge is 0.375 e. The fourth-order valence-electron chi connectivity index (χ4n) is 2.60. The summed E-state index contributed by atoms with van der Waals surface area (Å²) >= 11 is 0. The first-order valence-corrected chi connectivity index (χ1v) is 8.83. The molecule has 0 radical (unpaired) electrons. The third-order valence-corrected chi connectivity index (χ3v) is 5.08. The highest BCUT2D eigenvalue weighted by molar-refractivity contribution is 7.88. The average molecular weight is 305 g/mol. The predicted octanol–water partition coefficient (Wildman–Crippen LogP) is -0.159. The summed E-state index contributed by atoms with van der Waals surface area (Å²) in [5.41, 5.74) is 0. The molecule has 2 heterocycles. The van der Waals surface area contributed by atoms with Crippen LogP contribution in [0.2, 0.25) is 0 Å². The predicted molar refractivity (Wildman–Crippen MR) is 75.0 cm³/mol. The van der Waals surface area contributed by atoms with Crippen LogP contribution in [0.15, 0.2) is 0 Å². The summed E-state index contributed by atoms with van der Waals surface area (Å²) in [6.45, 7) is 4.68. The van der Waals surface area contributed by atoms with Crippen molar-refractivity contribution in [1.82, 2.24) is 14.5 Å². The van der Waals surface area contributed by atoms with E-state index in [4.69, 9.17) is 4.74 Å². The van der Waals surface area contributed by atoms with Gasteiger partial charge < -0.3 is 15.0 Å². The van der Waals surface area contributed by atoms with E-state index in [1.54, 1.807) is 4.90 Å². The highest BCUT2D eigenvalue weighted by Gasteiger charge is 2.28. The van der Waals surface area contributed by atoms with Gasteiger partial charge in [-0.1, -0.05) is 0 Å². The highest BCUT2D eigenvalue weighted by atomic mass is 32.2. The molecule has 0 aromatic heterocycles. The van der Waals surface area contributed by atoms with Crippen molar-refractivity contribution in [1.29, 1.82) is 0 Å². The number of carbonyl (C=O) groups is 1. The molecule has 0 aromatic rings. The molecule has 2 fully saturated rings. The lowest BCUT2D eigenvalue weighted by atomic mass is 10.1. The van der Waals surface area contributed by atoms with Crippen LogP contribution in [-0.4, -0.2) is 74.8 Å². The molecule has 7 nitrogen and oxygen atoms in total. The zero-order valence-corrected chi connectivity index (χ0v) is 12.9. The summed E-state index contributed by atoms with van der Waals surface area (Å²) < 4.78 is 29.7. The van der Waals surface area contributed by atoms with Gasteiger partial charge in [-0.05, 0) is 19.8 Å². The van der Waals surface area contributed by atoms with Crippen molar-refractivity contribution in [2.75, 3.05) is 39.0 Å². The Bertz CT molecular complexity index is 446. The SMILES string of the molecule is C[C@@H]1CN(C(=O)NC2CCN(S(C)(=O)=O)CC2)CCO1. The van der Waals surface area contributed by atoms with E-state index in [0.29, 0.717) is 45.6 Å². The number of amides is 2. The lowest BCUT2D eigenvalue weighted by molar-refractivity contribution is -0.00408. The van der Waals surface area contributed by atoms with E-state index in [-0.39, 0.29) is 18.2 Å². The number of nitrogens with one attached hydrogen (secondary N) is 1. The minimum absolute atomic E-state index is 0.0543. The maximum atomic E-state index is 12.1. The van der Waals surface area contributed by atoms with Crippen molar-refractivity contribution in [2.24, 2.45) is 0 Å². The Labute approximate surface area is 120 Å². The normalized spacial score (nSPS) is 26.5.